The van der Waals surface area contributed by atoms with E-state index in [-0.39, 0.29) is 16.8 Å². The molecule has 0 aromatic rings. The minimum Gasteiger partial charge on any atom is -0.566 e. The van der Waals surface area contributed by atoms with Gasteiger partial charge in [-0.3, -0.25) is 0 Å². The standard InChI is InChI=1S/2C4H9O3P.Co/c2*1-2-3-4-7-8(5)6;/h2*2-4H2,1H3;/q;;+2. The van der Waals surface area contributed by atoms with E-state index in [0.29, 0.717) is 13.2 Å². The molecule has 0 aliphatic carbocycles. The molecule has 0 aliphatic heterocycles. The first-order valence-corrected chi connectivity index (χ1v) is 7.28. The molecule has 0 bridgehead atoms. The second-order valence-corrected chi connectivity index (χ2v) is 4.23. The number of hydrogen-bond acceptors (Lipinski definition) is 6. The van der Waals surface area contributed by atoms with Crippen LogP contribution in [0.15, 0.2) is 0 Å². The van der Waals surface area contributed by atoms with Gasteiger partial charge in [0.25, 0.3) is 0 Å². The summed E-state index contributed by atoms with van der Waals surface area (Å²) in [5.41, 5.74) is 0. The van der Waals surface area contributed by atoms with Crippen LogP contribution in [-0.2, 0) is 35.0 Å². The summed E-state index contributed by atoms with van der Waals surface area (Å²) in [5, 5.41) is 0. The van der Waals surface area contributed by atoms with Gasteiger partial charge in [-0.15, -0.1) is 9.05 Å². The Morgan fingerprint density at radius 1 is 0.882 bits per heavy atom. The molecule has 0 saturated carbocycles. The summed E-state index contributed by atoms with van der Waals surface area (Å²) >= 11 is 0. The largest absolute Gasteiger partial charge is 2.00 e. The van der Waals surface area contributed by atoms with E-state index in [9.17, 15) is 18.9 Å². The first kappa shape index (κ1) is 22.7. The molecule has 0 N–H and O–H groups in total. The molecule has 9 heteroatoms. The molecule has 0 spiro atoms. The van der Waals surface area contributed by atoms with Crippen molar-refractivity contribution >= 4 is 16.5 Å². The molecule has 0 amide bonds. The topological polar surface area (TPSA) is 98.7 Å². The molecule has 103 valence electrons. The summed E-state index contributed by atoms with van der Waals surface area (Å²) in [5.74, 6) is 0. The van der Waals surface area contributed by atoms with Crippen molar-refractivity contribution in [2.75, 3.05) is 13.2 Å². The fourth-order valence-corrected chi connectivity index (χ4v) is 1.12. The van der Waals surface area contributed by atoms with Gasteiger partial charge in [-0.25, -0.2) is 0 Å². The van der Waals surface area contributed by atoms with Gasteiger partial charge in [-0.2, -0.15) is 0 Å². The monoisotopic (exact) mass is 331 g/mol. The van der Waals surface area contributed by atoms with Gasteiger partial charge in [0.15, 0.2) is 0 Å². The molecule has 0 rings (SSSR count). The zero-order chi connectivity index (χ0) is 12.8. The molecule has 0 heterocycles. The third-order valence-corrected chi connectivity index (χ3v) is 2.18. The molecule has 2 atom stereocenters. The Balaban J connectivity index is -0.000000218. The van der Waals surface area contributed by atoms with Gasteiger partial charge in [0, 0.05) is 0 Å². The molecular weight excluding hydrogens is 313 g/mol. The van der Waals surface area contributed by atoms with Gasteiger partial charge in [-0.1, -0.05) is 26.7 Å². The second kappa shape index (κ2) is 18.9. The van der Waals surface area contributed by atoms with Crippen LogP contribution < -0.4 is 9.79 Å². The Kier molecular flexibility index (Phi) is 25.2. The first-order chi connectivity index (χ1) is 7.54. The zero-order valence-electron chi connectivity index (χ0n) is 9.92. The maximum absolute atomic E-state index is 9.69. The Morgan fingerprint density at radius 2 is 1.18 bits per heavy atom. The van der Waals surface area contributed by atoms with Crippen molar-refractivity contribution < 1.29 is 44.7 Å². The predicted molar refractivity (Wildman–Crippen MR) is 56.9 cm³/mol. The Morgan fingerprint density at radius 3 is 1.35 bits per heavy atom. The molecule has 1 radical (unpaired) electrons. The quantitative estimate of drug-likeness (QED) is 0.495. The van der Waals surface area contributed by atoms with Gasteiger partial charge < -0.3 is 9.79 Å². The summed E-state index contributed by atoms with van der Waals surface area (Å²) in [4.78, 5) is 19.4. The maximum atomic E-state index is 9.69. The van der Waals surface area contributed by atoms with E-state index >= 15 is 0 Å². The van der Waals surface area contributed by atoms with Gasteiger partial charge in [0.05, 0.1) is 0 Å². The fourth-order valence-electron chi connectivity index (χ4n) is 0.567. The molecule has 0 aromatic carbocycles. The Labute approximate surface area is 114 Å². The molecule has 0 saturated heterocycles. The SMILES string of the molecule is CCCCO[P+](=O)[O-].CCCCO[P+](=O)[O-].[Co+2]. The van der Waals surface area contributed by atoms with E-state index in [1.54, 1.807) is 0 Å². The van der Waals surface area contributed by atoms with Crippen LogP contribution in [0.1, 0.15) is 39.5 Å². The second-order valence-electron chi connectivity index (χ2n) is 2.82. The fraction of sp³-hybridized carbons (Fsp3) is 1.00. The molecule has 0 aromatic heterocycles. The average molecular weight is 331 g/mol. The molecule has 2 unspecified atom stereocenters. The van der Waals surface area contributed by atoms with Crippen molar-refractivity contribution in [3.63, 3.8) is 0 Å². The molecular formula is C8H18CoO6P2+2. The van der Waals surface area contributed by atoms with E-state index in [1.807, 2.05) is 13.8 Å². The average Bonchev–Trinajstić information content (AvgIpc) is 2.18. The van der Waals surface area contributed by atoms with Crippen LogP contribution >= 0.6 is 16.5 Å². The van der Waals surface area contributed by atoms with Crippen molar-refractivity contribution in [2.24, 2.45) is 0 Å². The van der Waals surface area contributed by atoms with Crippen molar-refractivity contribution in [3.8, 4) is 0 Å². The predicted octanol–water partition coefficient (Wildman–Crippen LogP) is 1.64. The molecule has 0 fully saturated rings. The van der Waals surface area contributed by atoms with Crippen LogP contribution in [0.3, 0.4) is 0 Å². The summed E-state index contributed by atoms with van der Waals surface area (Å²) in [7, 11) is -5.22. The number of rotatable bonds is 8. The maximum Gasteiger partial charge on any atom is 2.00 e. The van der Waals surface area contributed by atoms with Crippen LogP contribution in [-0.4, -0.2) is 13.2 Å². The van der Waals surface area contributed by atoms with E-state index < -0.39 is 16.5 Å². The molecule has 0 aliphatic rings. The van der Waals surface area contributed by atoms with Gasteiger partial charge >= 0.3 is 33.3 Å². The van der Waals surface area contributed by atoms with E-state index in [4.69, 9.17) is 0 Å². The number of hydrogen-bond donors (Lipinski definition) is 0. The van der Waals surface area contributed by atoms with Gasteiger partial charge in [0.1, 0.15) is 13.2 Å². The van der Waals surface area contributed by atoms with Crippen molar-refractivity contribution in [1.82, 2.24) is 0 Å². The Bertz CT molecular complexity index is 173. The minimum absolute atomic E-state index is 0. The third-order valence-electron chi connectivity index (χ3n) is 1.39. The summed E-state index contributed by atoms with van der Waals surface area (Å²) in [6, 6.07) is 0. The summed E-state index contributed by atoms with van der Waals surface area (Å²) in [6.07, 6.45) is 3.54. The van der Waals surface area contributed by atoms with Crippen LogP contribution in [0.4, 0.5) is 0 Å². The minimum atomic E-state index is -2.61. The smallest absolute Gasteiger partial charge is 0.566 e. The van der Waals surface area contributed by atoms with Crippen LogP contribution in [0.2, 0.25) is 0 Å². The first-order valence-electron chi connectivity index (χ1n) is 5.09. The van der Waals surface area contributed by atoms with Crippen molar-refractivity contribution in [2.45, 2.75) is 39.5 Å². The Hall–Kier alpha value is 0.546. The van der Waals surface area contributed by atoms with Gasteiger partial charge in [0.2, 0.25) is 0 Å². The van der Waals surface area contributed by atoms with E-state index in [0.717, 1.165) is 25.7 Å². The van der Waals surface area contributed by atoms with Gasteiger partial charge in [-0.05, 0) is 22.0 Å². The van der Waals surface area contributed by atoms with E-state index in [2.05, 4.69) is 9.05 Å². The summed E-state index contributed by atoms with van der Waals surface area (Å²) < 4.78 is 27.8. The number of unbranched alkanes of at least 4 members (excludes halogenated alkanes) is 2. The molecule has 17 heavy (non-hydrogen) atoms. The van der Waals surface area contributed by atoms with E-state index in [1.165, 1.54) is 0 Å². The van der Waals surface area contributed by atoms with Crippen LogP contribution in [0, 0.1) is 0 Å². The zero-order valence-corrected chi connectivity index (χ0v) is 12.7. The van der Waals surface area contributed by atoms with Crippen molar-refractivity contribution in [1.29, 1.82) is 0 Å². The normalized spacial score (nSPS) is 10.8. The van der Waals surface area contributed by atoms with Crippen molar-refractivity contribution in [3.05, 3.63) is 0 Å². The third kappa shape index (κ3) is 31.5. The molecule has 6 nitrogen and oxygen atoms in total. The summed E-state index contributed by atoms with van der Waals surface area (Å²) in [6.45, 7) is 4.60. The van der Waals surface area contributed by atoms with Crippen LogP contribution in [0.5, 0.6) is 0 Å². The van der Waals surface area contributed by atoms with Crippen LogP contribution in [0.25, 0.3) is 0 Å².